The van der Waals surface area contributed by atoms with Gasteiger partial charge in [-0.3, -0.25) is 4.79 Å². The van der Waals surface area contributed by atoms with Gasteiger partial charge >= 0.3 is 6.03 Å². The Kier molecular flexibility index (Phi) is 3.90. The molecule has 1 aliphatic rings. The van der Waals surface area contributed by atoms with Crippen LogP contribution in [0.4, 0.5) is 4.79 Å². The van der Waals surface area contributed by atoms with E-state index in [-0.39, 0.29) is 6.10 Å². The van der Waals surface area contributed by atoms with E-state index in [1.54, 1.807) is 0 Å². The molecule has 86 valence electrons. The van der Waals surface area contributed by atoms with E-state index in [2.05, 4.69) is 0 Å². The first-order chi connectivity index (χ1) is 7.06. The van der Waals surface area contributed by atoms with E-state index < -0.39 is 18.0 Å². The average molecular weight is 215 g/mol. The molecular weight excluding hydrogens is 198 g/mol. The first-order valence-electron chi connectivity index (χ1n) is 5.03. The number of rotatable bonds is 4. The summed E-state index contributed by atoms with van der Waals surface area (Å²) in [6, 6.07) is -1.24. The zero-order valence-electron chi connectivity index (χ0n) is 8.81. The van der Waals surface area contributed by atoms with E-state index in [9.17, 15) is 9.59 Å². The fourth-order valence-electron chi connectivity index (χ4n) is 1.72. The predicted molar refractivity (Wildman–Crippen MR) is 53.9 cm³/mol. The van der Waals surface area contributed by atoms with Crippen LogP contribution in [0.15, 0.2) is 0 Å². The highest BCUT2D eigenvalue weighted by molar-refractivity contribution is 5.86. The lowest BCUT2D eigenvalue weighted by molar-refractivity contribution is -0.121. The van der Waals surface area contributed by atoms with Crippen molar-refractivity contribution >= 4 is 11.9 Å². The maximum absolute atomic E-state index is 11.1. The van der Waals surface area contributed by atoms with Crippen molar-refractivity contribution in [3.63, 3.8) is 0 Å². The van der Waals surface area contributed by atoms with E-state index in [0.29, 0.717) is 19.6 Å². The van der Waals surface area contributed by atoms with E-state index >= 15 is 0 Å². The Bertz CT molecular complexity index is 235. The normalized spacial score (nSPS) is 25.5. The highest BCUT2D eigenvalue weighted by Gasteiger charge is 2.38. The maximum Gasteiger partial charge on any atom is 0.315 e. The molecule has 0 aliphatic carbocycles. The van der Waals surface area contributed by atoms with Crippen LogP contribution in [0.3, 0.4) is 0 Å². The molecule has 1 rings (SSSR count). The highest BCUT2D eigenvalue weighted by atomic mass is 16.5. The summed E-state index contributed by atoms with van der Waals surface area (Å²) in [5.74, 6) is -0.531. The van der Waals surface area contributed by atoms with Crippen molar-refractivity contribution in [3.05, 3.63) is 0 Å². The number of hydrogen-bond donors (Lipinski definition) is 2. The minimum atomic E-state index is -0.624. The second-order valence-electron chi connectivity index (χ2n) is 3.64. The number of hydrogen-bond acceptors (Lipinski definition) is 3. The summed E-state index contributed by atoms with van der Waals surface area (Å²) in [7, 11) is 0. The van der Waals surface area contributed by atoms with Crippen LogP contribution < -0.4 is 11.5 Å². The van der Waals surface area contributed by atoms with Crippen LogP contribution in [0.2, 0.25) is 0 Å². The molecule has 0 radical (unpaired) electrons. The minimum absolute atomic E-state index is 0.130. The van der Waals surface area contributed by atoms with Crippen molar-refractivity contribution in [2.24, 2.45) is 11.5 Å². The molecule has 0 bridgehead atoms. The molecule has 0 aromatic carbocycles. The summed E-state index contributed by atoms with van der Waals surface area (Å²) >= 11 is 0. The third-order valence-corrected chi connectivity index (χ3v) is 2.43. The number of likely N-dealkylation sites (tertiary alicyclic amines) is 1. The third-order valence-electron chi connectivity index (χ3n) is 2.43. The van der Waals surface area contributed by atoms with E-state index in [1.807, 2.05) is 6.92 Å². The molecule has 4 N–H and O–H groups in total. The Labute approximate surface area is 88.5 Å². The van der Waals surface area contributed by atoms with Crippen molar-refractivity contribution < 1.29 is 14.3 Å². The summed E-state index contributed by atoms with van der Waals surface area (Å²) in [5.41, 5.74) is 10.3. The molecule has 1 heterocycles. The van der Waals surface area contributed by atoms with Gasteiger partial charge in [-0.25, -0.2) is 4.79 Å². The Balaban J connectivity index is 2.57. The fourth-order valence-corrected chi connectivity index (χ4v) is 1.72. The molecule has 0 saturated carbocycles. The van der Waals surface area contributed by atoms with Gasteiger partial charge in [0.05, 0.1) is 6.10 Å². The molecule has 0 aromatic heterocycles. The molecule has 1 saturated heterocycles. The zero-order chi connectivity index (χ0) is 11.4. The van der Waals surface area contributed by atoms with Gasteiger partial charge in [-0.2, -0.15) is 0 Å². The Morgan fingerprint density at radius 2 is 2.13 bits per heavy atom. The molecule has 2 atom stereocenters. The van der Waals surface area contributed by atoms with Crippen molar-refractivity contribution in [2.45, 2.75) is 31.9 Å². The Hall–Kier alpha value is -1.30. The van der Waals surface area contributed by atoms with Crippen LogP contribution in [0.1, 0.15) is 19.8 Å². The van der Waals surface area contributed by atoms with Crippen LogP contribution in [0.25, 0.3) is 0 Å². The fraction of sp³-hybridized carbons (Fsp3) is 0.778. The molecule has 0 aromatic rings. The number of nitrogens with zero attached hydrogens (tertiary/aromatic N) is 1. The van der Waals surface area contributed by atoms with Crippen LogP contribution in [-0.2, 0) is 9.53 Å². The summed E-state index contributed by atoms with van der Waals surface area (Å²) in [6.45, 7) is 2.96. The van der Waals surface area contributed by atoms with Crippen molar-refractivity contribution in [1.82, 2.24) is 4.90 Å². The first kappa shape index (κ1) is 11.8. The summed E-state index contributed by atoms with van der Waals surface area (Å²) in [4.78, 5) is 23.3. The maximum atomic E-state index is 11.1. The van der Waals surface area contributed by atoms with E-state index in [0.717, 1.165) is 6.42 Å². The van der Waals surface area contributed by atoms with Crippen molar-refractivity contribution in [2.75, 3.05) is 13.2 Å². The molecule has 15 heavy (non-hydrogen) atoms. The minimum Gasteiger partial charge on any atom is -0.376 e. The number of carbonyl (C=O) groups is 2. The van der Waals surface area contributed by atoms with Crippen LogP contribution in [-0.4, -0.2) is 42.1 Å². The van der Waals surface area contributed by atoms with E-state index in [1.165, 1.54) is 4.90 Å². The van der Waals surface area contributed by atoms with Gasteiger partial charge in [0, 0.05) is 19.6 Å². The summed E-state index contributed by atoms with van der Waals surface area (Å²) in [5, 5.41) is 0. The van der Waals surface area contributed by atoms with Crippen LogP contribution in [0.5, 0.6) is 0 Å². The smallest absolute Gasteiger partial charge is 0.315 e. The molecule has 3 amide bonds. The number of nitrogens with two attached hydrogens (primary N) is 2. The van der Waals surface area contributed by atoms with Gasteiger partial charge in [0.1, 0.15) is 6.04 Å². The van der Waals surface area contributed by atoms with Crippen LogP contribution in [0, 0.1) is 0 Å². The molecule has 6 nitrogen and oxygen atoms in total. The zero-order valence-corrected chi connectivity index (χ0v) is 8.81. The number of urea groups is 1. The second-order valence-corrected chi connectivity index (χ2v) is 3.64. The van der Waals surface area contributed by atoms with Gasteiger partial charge in [-0.15, -0.1) is 0 Å². The number of primary amides is 2. The van der Waals surface area contributed by atoms with Gasteiger partial charge in [-0.1, -0.05) is 6.92 Å². The third kappa shape index (κ3) is 2.82. The lowest BCUT2D eigenvalue weighted by Crippen LogP contribution is -2.46. The van der Waals surface area contributed by atoms with Gasteiger partial charge in [0.2, 0.25) is 5.91 Å². The lowest BCUT2D eigenvalue weighted by Gasteiger charge is -2.18. The van der Waals surface area contributed by atoms with Gasteiger partial charge in [0.15, 0.2) is 0 Å². The molecule has 1 aliphatic heterocycles. The number of ether oxygens (including phenoxy) is 1. The molecule has 2 unspecified atom stereocenters. The monoisotopic (exact) mass is 215 g/mol. The highest BCUT2D eigenvalue weighted by Crippen LogP contribution is 2.19. The Morgan fingerprint density at radius 1 is 1.47 bits per heavy atom. The summed E-state index contributed by atoms with van der Waals surface area (Å²) in [6.07, 6.45) is 1.21. The van der Waals surface area contributed by atoms with Crippen molar-refractivity contribution in [3.8, 4) is 0 Å². The first-order valence-corrected chi connectivity index (χ1v) is 5.03. The standard InChI is InChI=1S/C9H17N3O3/c1-2-3-15-6-4-7(8(10)13)12(5-6)9(11)14/h6-7H,2-5H2,1H3,(H2,10,13)(H2,11,14). The predicted octanol–water partition coefficient (Wildman–Crippen LogP) is -0.580. The van der Waals surface area contributed by atoms with Gasteiger partial charge in [-0.05, 0) is 6.42 Å². The van der Waals surface area contributed by atoms with Gasteiger partial charge in [0.25, 0.3) is 0 Å². The largest absolute Gasteiger partial charge is 0.376 e. The topological polar surface area (TPSA) is 98.7 Å². The van der Waals surface area contributed by atoms with Crippen molar-refractivity contribution in [1.29, 1.82) is 0 Å². The van der Waals surface area contributed by atoms with E-state index in [4.69, 9.17) is 16.2 Å². The average Bonchev–Trinajstić information content (AvgIpc) is 2.58. The Morgan fingerprint density at radius 3 is 2.53 bits per heavy atom. The second kappa shape index (κ2) is 4.97. The number of carbonyl (C=O) groups excluding carboxylic acids is 2. The summed E-state index contributed by atoms with van der Waals surface area (Å²) < 4.78 is 5.46. The quantitative estimate of drug-likeness (QED) is 0.656. The number of amides is 3. The molecular formula is C9H17N3O3. The lowest BCUT2D eigenvalue weighted by atomic mass is 10.2. The molecule has 0 spiro atoms. The van der Waals surface area contributed by atoms with Crippen LogP contribution >= 0.6 is 0 Å². The molecule has 6 heteroatoms. The van der Waals surface area contributed by atoms with Gasteiger partial charge < -0.3 is 21.1 Å². The molecule has 1 fully saturated rings. The SMILES string of the molecule is CCCOC1CC(C(N)=O)N(C(N)=O)C1.